The molecule has 0 aliphatic carbocycles. The molecular weight excluding hydrogens is 270 g/mol. The van der Waals surface area contributed by atoms with Crippen LogP contribution in [0.2, 0.25) is 0 Å². The summed E-state index contributed by atoms with van der Waals surface area (Å²) in [6.45, 7) is 5.16. The van der Waals surface area contributed by atoms with Crippen molar-refractivity contribution in [3.8, 4) is 0 Å². The van der Waals surface area contributed by atoms with Gasteiger partial charge in [0.15, 0.2) is 0 Å². The Labute approximate surface area is 125 Å². The Kier molecular flexibility index (Phi) is 6.33. The lowest BCUT2D eigenvalue weighted by atomic mass is 9.87. The minimum atomic E-state index is -1.28. The Bertz CT molecular complexity index is 456. The average Bonchev–Trinajstić information content (AvgIpc) is 2.46. The average molecular weight is 295 g/mol. The number of aryl methyl sites for hydroxylation is 1. The molecule has 4 N–H and O–H groups in total. The van der Waals surface area contributed by atoms with Crippen LogP contribution in [0, 0.1) is 12.3 Å². The molecule has 0 bridgehead atoms. The monoisotopic (exact) mass is 295 g/mol. The molecule has 1 aromatic rings. The normalized spacial score (nSPS) is 14.6. The quantitative estimate of drug-likeness (QED) is 0.602. The van der Waals surface area contributed by atoms with Crippen molar-refractivity contribution < 1.29 is 20.1 Å². The fourth-order valence-corrected chi connectivity index (χ4v) is 1.83. The molecule has 0 fully saturated rings. The number of carbonyl (C=O) groups is 1. The topological polar surface area (TPSA) is 89.8 Å². The van der Waals surface area contributed by atoms with E-state index in [9.17, 15) is 15.0 Å². The maximum absolute atomic E-state index is 11.8. The van der Waals surface area contributed by atoms with Gasteiger partial charge in [0.25, 0.3) is 0 Å². The van der Waals surface area contributed by atoms with Crippen LogP contribution >= 0.6 is 0 Å². The molecule has 0 aliphatic rings. The maximum Gasteiger partial charge on any atom is 0.249 e. The fraction of sp³-hybridized carbons (Fsp3) is 0.562. The van der Waals surface area contributed by atoms with E-state index in [1.54, 1.807) is 13.8 Å². The molecule has 118 valence electrons. The van der Waals surface area contributed by atoms with Gasteiger partial charge in [-0.05, 0) is 18.9 Å². The highest BCUT2D eigenvalue weighted by atomic mass is 16.3. The van der Waals surface area contributed by atoms with E-state index >= 15 is 0 Å². The summed E-state index contributed by atoms with van der Waals surface area (Å²) >= 11 is 0. The van der Waals surface area contributed by atoms with Crippen molar-refractivity contribution in [3.63, 3.8) is 0 Å². The minimum Gasteiger partial charge on any atom is -0.396 e. The van der Waals surface area contributed by atoms with Gasteiger partial charge in [0.1, 0.15) is 6.10 Å². The van der Waals surface area contributed by atoms with Gasteiger partial charge < -0.3 is 20.6 Å². The van der Waals surface area contributed by atoms with Gasteiger partial charge in [-0.2, -0.15) is 0 Å². The van der Waals surface area contributed by atoms with E-state index in [0.717, 1.165) is 11.1 Å². The molecule has 0 aliphatic heterocycles. The predicted molar refractivity (Wildman–Crippen MR) is 80.6 cm³/mol. The summed E-state index contributed by atoms with van der Waals surface area (Å²) in [6, 6.07) is 7.55. The molecule has 1 aromatic carbocycles. The van der Waals surface area contributed by atoms with Gasteiger partial charge >= 0.3 is 0 Å². The summed E-state index contributed by atoms with van der Waals surface area (Å²) < 4.78 is 0. The van der Waals surface area contributed by atoms with E-state index in [1.807, 2.05) is 31.2 Å². The Morgan fingerprint density at radius 1 is 1.24 bits per heavy atom. The number of carbonyl (C=O) groups excluding carboxylic acids is 1. The second-order valence-corrected chi connectivity index (χ2v) is 6.06. The number of hydrogen-bond acceptors (Lipinski definition) is 4. The van der Waals surface area contributed by atoms with Crippen LogP contribution in [0.1, 0.15) is 37.5 Å². The van der Waals surface area contributed by atoms with Crippen molar-refractivity contribution in [2.75, 3.05) is 13.2 Å². The lowest BCUT2D eigenvalue weighted by Gasteiger charge is -2.27. The van der Waals surface area contributed by atoms with Crippen molar-refractivity contribution >= 4 is 5.91 Å². The molecule has 1 amide bonds. The van der Waals surface area contributed by atoms with Gasteiger partial charge in [0, 0.05) is 12.0 Å². The van der Waals surface area contributed by atoms with Crippen molar-refractivity contribution in [3.05, 3.63) is 35.4 Å². The summed E-state index contributed by atoms with van der Waals surface area (Å²) in [5, 5.41) is 31.5. The Balaban J connectivity index is 2.42. The maximum atomic E-state index is 11.8. The van der Waals surface area contributed by atoms with Crippen LogP contribution in [0.25, 0.3) is 0 Å². The van der Waals surface area contributed by atoms with E-state index in [0.29, 0.717) is 6.42 Å². The van der Waals surface area contributed by atoms with Crippen LogP contribution in [0.15, 0.2) is 24.3 Å². The number of aliphatic hydroxyl groups is 3. The molecule has 0 heterocycles. The third-order valence-corrected chi connectivity index (χ3v) is 3.58. The first-order chi connectivity index (χ1) is 9.77. The van der Waals surface area contributed by atoms with E-state index in [2.05, 4.69) is 5.32 Å². The number of nitrogens with one attached hydrogen (secondary N) is 1. The predicted octanol–water partition coefficient (Wildman–Crippen LogP) is 0.914. The van der Waals surface area contributed by atoms with Crippen molar-refractivity contribution in [1.82, 2.24) is 5.32 Å². The number of amides is 1. The molecular formula is C16H25NO4. The van der Waals surface area contributed by atoms with Gasteiger partial charge in [-0.3, -0.25) is 4.79 Å². The number of benzene rings is 1. The molecule has 0 spiro atoms. The molecule has 5 heteroatoms. The summed E-state index contributed by atoms with van der Waals surface area (Å²) in [5.74, 6) is -0.537. The Morgan fingerprint density at radius 3 is 2.33 bits per heavy atom. The van der Waals surface area contributed by atoms with E-state index in [-0.39, 0.29) is 13.2 Å². The minimum absolute atomic E-state index is 0.256. The summed E-state index contributed by atoms with van der Waals surface area (Å²) in [7, 11) is 0. The second-order valence-electron chi connectivity index (χ2n) is 6.06. The number of aliphatic hydroxyl groups excluding tert-OH is 3. The summed E-state index contributed by atoms with van der Waals surface area (Å²) in [6.07, 6.45) is -1.57. The highest BCUT2D eigenvalue weighted by Gasteiger charge is 2.32. The Morgan fingerprint density at radius 2 is 1.81 bits per heavy atom. The van der Waals surface area contributed by atoms with E-state index in [4.69, 9.17) is 5.11 Å². The lowest BCUT2D eigenvalue weighted by Crippen LogP contribution is -2.45. The highest BCUT2D eigenvalue weighted by Crippen LogP contribution is 2.20. The smallest absolute Gasteiger partial charge is 0.249 e. The van der Waals surface area contributed by atoms with Crippen molar-refractivity contribution in [2.45, 2.75) is 39.4 Å². The van der Waals surface area contributed by atoms with Crippen LogP contribution in [0.3, 0.4) is 0 Å². The first-order valence-corrected chi connectivity index (χ1v) is 7.09. The first-order valence-electron chi connectivity index (χ1n) is 7.09. The second kappa shape index (κ2) is 7.54. The van der Waals surface area contributed by atoms with Gasteiger partial charge in [-0.1, -0.05) is 43.7 Å². The summed E-state index contributed by atoms with van der Waals surface area (Å²) in [5.41, 5.74) is 1.03. The van der Waals surface area contributed by atoms with Crippen LogP contribution < -0.4 is 5.32 Å². The number of rotatable bonds is 7. The third kappa shape index (κ3) is 5.12. The van der Waals surface area contributed by atoms with Gasteiger partial charge in [-0.25, -0.2) is 0 Å². The van der Waals surface area contributed by atoms with Gasteiger partial charge in [0.2, 0.25) is 5.91 Å². The van der Waals surface area contributed by atoms with E-state index in [1.165, 1.54) is 0 Å². The largest absolute Gasteiger partial charge is 0.396 e. The molecule has 0 aromatic heterocycles. The van der Waals surface area contributed by atoms with Crippen molar-refractivity contribution in [2.24, 2.45) is 5.41 Å². The standard InChI is InChI=1S/C16H25NO4/c1-11-4-6-12(7-5-11)13(19)8-9-17-15(21)14(20)16(2,3)10-18/h4-7,13-14,18-20H,8-10H2,1-3H3,(H,17,21). The fourth-order valence-electron chi connectivity index (χ4n) is 1.83. The molecule has 0 saturated carbocycles. The highest BCUT2D eigenvalue weighted by molar-refractivity contribution is 5.81. The zero-order valence-corrected chi connectivity index (χ0v) is 12.8. The van der Waals surface area contributed by atoms with Gasteiger partial charge in [0.05, 0.1) is 12.7 Å². The van der Waals surface area contributed by atoms with E-state index < -0.39 is 23.5 Å². The van der Waals surface area contributed by atoms with Crippen LogP contribution in [0.5, 0.6) is 0 Å². The van der Waals surface area contributed by atoms with Crippen LogP contribution in [-0.2, 0) is 4.79 Å². The van der Waals surface area contributed by atoms with Crippen LogP contribution in [0.4, 0.5) is 0 Å². The zero-order valence-electron chi connectivity index (χ0n) is 12.8. The lowest BCUT2D eigenvalue weighted by molar-refractivity contribution is -0.137. The molecule has 0 radical (unpaired) electrons. The molecule has 2 atom stereocenters. The molecule has 1 rings (SSSR count). The van der Waals surface area contributed by atoms with Gasteiger partial charge in [-0.15, -0.1) is 0 Å². The first kappa shape index (κ1) is 17.6. The van der Waals surface area contributed by atoms with Crippen molar-refractivity contribution in [1.29, 1.82) is 0 Å². The third-order valence-electron chi connectivity index (χ3n) is 3.58. The molecule has 21 heavy (non-hydrogen) atoms. The Hall–Kier alpha value is -1.43. The molecule has 5 nitrogen and oxygen atoms in total. The summed E-state index contributed by atoms with van der Waals surface area (Å²) in [4.78, 5) is 11.8. The van der Waals surface area contributed by atoms with Crippen LogP contribution in [-0.4, -0.2) is 40.5 Å². The zero-order chi connectivity index (χ0) is 16.0. The SMILES string of the molecule is Cc1ccc(C(O)CCNC(=O)C(O)C(C)(C)CO)cc1. The molecule has 2 unspecified atom stereocenters. The molecule has 0 saturated heterocycles. The number of hydrogen-bond donors (Lipinski definition) is 4.